The lowest BCUT2D eigenvalue weighted by molar-refractivity contribution is 0.372. The molecule has 1 rings (SSSR count). The first-order valence-corrected chi connectivity index (χ1v) is 4.16. The van der Waals surface area contributed by atoms with Crippen molar-refractivity contribution in [2.24, 2.45) is 0 Å². The Labute approximate surface area is 82.7 Å². The van der Waals surface area contributed by atoms with Gasteiger partial charge < -0.3 is 15.2 Å². The highest BCUT2D eigenvalue weighted by Crippen LogP contribution is 2.28. The van der Waals surface area contributed by atoms with E-state index in [2.05, 4.69) is 11.4 Å². The fourth-order valence-corrected chi connectivity index (χ4v) is 1.18. The van der Waals surface area contributed by atoms with E-state index in [1.807, 2.05) is 0 Å². The van der Waals surface area contributed by atoms with Gasteiger partial charge in [-0.15, -0.1) is 0 Å². The van der Waals surface area contributed by atoms with Crippen LogP contribution < -0.4 is 10.1 Å². The highest BCUT2D eigenvalue weighted by molar-refractivity contribution is 5.43. The third kappa shape index (κ3) is 1.95. The summed E-state index contributed by atoms with van der Waals surface area (Å²) in [5.41, 5.74) is 0.768. The number of hydrogen-bond acceptors (Lipinski definition) is 4. The molecule has 0 aliphatic rings. The van der Waals surface area contributed by atoms with Crippen molar-refractivity contribution in [1.29, 1.82) is 5.26 Å². The predicted molar refractivity (Wildman–Crippen MR) is 52.1 cm³/mol. The van der Waals surface area contributed by atoms with Crippen LogP contribution in [0.3, 0.4) is 0 Å². The molecule has 0 saturated heterocycles. The van der Waals surface area contributed by atoms with E-state index in [0.29, 0.717) is 5.75 Å². The maximum atomic E-state index is 9.33. The van der Waals surface area contributed by atoms with Crippen LogP contribution in [0.4, 0.5) is 0 Å². The number of aromatic hydroxyl groups is 1. The summed E-state index contributed by atoms with van der Waals surface area (Å²) in [6.45, 7) is 0. The second-order valence-corrected chi connectivity index (χ2v) is 2.78. The smallest absolute Gasteiger partial charge is 0.160 e. The summed E-state index contributed by atoms with van der Waals surface area (Å²) < 4.78 is 4.94. The number of rotatable bonds is 3. The quantitative estimate of drug-likeness (QED) is 0.754. The van der Waals surface area contributed by atoms with Crippen LogP contribution in [0, 0.1) is 11.3 Å². The van der Waals surface area contributed by atoms with Crippen LogP contribution in [-0.2, 0) is 0 Å². The number of nitrogens with zero attached hydrogens (tertiary/aromatic N) is 1. The molecule has 0 aliphatic carbocycles. The molecule has 74 valence electrons. The van der Waals surface area contributed by atoms with Crippen LogP contribution in [0.15, 0.2) is 18.2 Å². The molecule has 0 saturated carbocycles. The van der Waals surface area contributed by atoms with Gasteiger partial charge >= 0.3 is 0 Å². The zero-order valence-corrected chi connectivity index (χ0v) is 8.11. The average Bonchev–Trinajstić information content (AvgIpc) is 2.22. The van der Waals surface area contributed by atoms with Crippen molar-refractivity contribution in [3.8, 4) is 17.6 Å². The standard InChI is InChI=1S/C10H12N2O2/c1-12-8(6-11)7-3-4-9(13)10(5-7)14-2/h3-5,8,12-13H,1-2H3. The number of ether oxygens (including phenoxy) is 1. The Morgan fingerprint density at radius 3 is 2.79 bits per heavy atom. The van der Waals surface area contributed by atoms with Crippen molar-refractivity contribution in [1.82, 2.24) is 5.32 Å². The van der Waals surface area contributed by atoms with Gasteiger partial charge in [0, 0.05) is 0 Å². The largest absolute Gasteiger partial charge is 0.504 e. The van der Waals surface area contributed by atoms with E-state index in [4.69, 9.17) is 10.00 Å². The number of phenolic OH excluding ortho intramolecular Hbond substituents is 1. The van der Waals surface area contributed by atoms with Crippen LogP contribution >= 0.6 is 0 Å². The van der Waals surface area contributed by atoms with E-state index in [1.165, 1.54) is 13.2 Å². The Kier molecular flexibility index (Phi) is 3.32. The zero-order chi connectivity index (χ0) is 10.6. The van der Waals surface area contributed by atoms with E-state index >= 15 is 0 Å². The molecule has 0 bridgehead atoms. The Morgan fingerprint density at radius 2 is 2.29 bits per heavy atom. The van der Waals surface area contributed by atoms with Gasteiger partial charge in [0.1, 0.15) is 6.04 Å². The number of nitriles is 1. The lowest BCUT2D eigenvalue weighted by Gasteiger charge is -2.10. The molecule has 0 heterocycles. The molecule has 2 N–H and O–H groups in total. The molecule has 4 nitrogen and oxygen atoms in total. The van der Waals surface area contributed by atoms with Crippen molar-refractivity contribution in [2.45, 2.75) is 6.04 Å². The number of methoxy groups -OCH3 is 1. The zero-order valence-electron chi connectivity index (χ0n) is 8.11. The molecule has 0 radical (unpaired) electrons. The van der Waals surface area contributed by atoms with E-state index in [0.717, 1.165) is 5.56 Å². The Balaban J connectivity index is 3.06. The molecule has 0 aliphatic heterocycles. The number of phenols is 1. The summed E-state index contributed by atoms with van der Waals surface area (Å²) in [5.74, 6) is 0.446. The summed E-state index contributed by atoms with van der Waals surface area (Å²) in [5, 5.41) is 21.0. The minimum absolute atomic E-state index is 0.0732. The van der Waals surface area contributed by atoms with Crippen molar-refractivity contribution < 1.29 is 9.84 Å². The average molecular weight is 192 g/mol. The van der Waals surface area contributed by atoms with Crippen molar-refractivity contribution in [3.05, 3.63) is 23.8 Å². The molecule has 0 fully saturated rings. The van der Waals surface area contributed by atoms with Gasteiger partial charge in [0.25, 0.3) is 0 Å². The van der Waals surface area contributed by atoms with Crippen LogP contribution in [0.5, 0.6) is 11.5 Å². The van der Waals surface area contributed by atoms with Crippen molar-refractivity contribution in [3.63, 3.8) is 0 Å². The van der Waals surface area contributed by atoms with Crippen LogP contribution in [0.2, 0.25) is 0 Å². The summed E-state index contributed by atoms with van der Waals surface area (Å²) in [6, 6.07) is 6.54. The van der Waals surface area contributed by atoms with Gasteiger partial charge in [-0.25, -0.2) is 0 Å². The Hall–Kier alpha value is -1.73. The fourth-order valence-electron chi connectivity index (χ4n) is 1.18. The van der Waals surface area contributed by atoms with E-state index < -0.39 is 0 Å². The van der Waals surface area contributed by atoms with Gasteiger partial charge in [0.15, 0.2) is 11.5 Å². The maximum absolute atomic E-state index is 9.33. The first-order chi connectivity index (χ1) is 6.72. The number of nitrogens with one attached hydrogen (secondary N) is 1. The SMILES string of the molecule is CNC(C#N)c1ccc(O)c(OC)c1. The maximum Gasteiger partial charge on any atom is 0.160 e. The molecule has 14 heavy (non-hydrogen) atoms. The predicted octanol–water partition coefficient (Wildman–Crippen LogP) is 1.18. The first-order valence-electron chi connectivity index (χ1n) is 4.16. The minimum atomic E-state index is -0.385. The minimum Gasteiger partial charge on any atom is -0.504 e. The number of hydrogen-bond donors (Lipinski definition) is 2. The molecule has 0 amide bonds. The second kappa shape index (κ2) is 4.49. The van der Waals surface area contributed by atoms with Crippen molar-refractivity contribution >= 4 is 0 Å². The number of benzene rings is 1. The van der Waals surface area contributed by atoms with Crippen LogP contribution in [0.1, 0.15) is 11.6 Å². The fraction of sp³-hybridized carbons (Fsp3) is 0.300. The van der Waals surface area contributed by atoms with Gasteiger partial charge in [0.05, 0.1) is 13.2 Å². The molecular weight excluding hydrogens is 180 g/mol. The van der Waals surface area contributed by atoms with Crippen molar-refractivity contribution in [2.75, 3.05) is 14.2 Å². The lowest BCUT2D eigenvalue weighted by atomic mass is 10.1. The first kappa shape index (κ1) is 10.4. The summed E-state index contributed by atoms with van der Waals surface area (Å²) in [7, 11) is 3.17. The summed E-state index contributed by atoms with van der Waals surface area (Å²) in [6.07, 6.45) is 0. The molecule has 1 aromatic rings. The molecule has 1 aromatic carbocycles. The molecule has 4 heteroatoms. The van der Waals surface area contributed by atoms with Gasteiger partial charge in [-0.3, -0.25) is 0 Å². The molecule has 1 atom stereocenters. The van der Waals surface area contributed by atoms with Crippen LogP contribution in [0.25, 0.3) is 0 Å². The lowest BCUT2D eigenvalue weighted by Crippen LogP contribution is -2.13. The third-order valence-corrected chi connectivity index (χ3v) is 1.95. The van der Waals surface area contributed by atoms with E-state index in [9.17, 15) is 5.11 Å². The van der Waals surface area contributed by atoms with Gasteiger partial charge in [0.2, 0.25) is 0 Å². The molecule has 0 aromatic heterocycles. The van der Waals surface area contributed by atoms with Crippen LogP contribution in [-0.4, -0.2) is 19.3 Å². The topological polar surface area (TPSA) is 65.3 Å². The monoisotopic (exact) mass is 192 g/mol. The molecule has 0 spiro atoms. The highest BCUT2D eigenvalue weighted by Gasteiger charge is 2.10. The third-order valence-electron chi connectivity index (χ3n) is 1.95. The Morgan fingerprint density at radius 1 is 1.57 bits per heavy atom. The Bertz CT molecular complexity index is 358. The van der Waals surface area contributed by atoms with Gasteiger partial charge in [-0.1, -0.05) is 6.07 Å². The normalized spacial score (nSPS) is 11.8. The summed E-state index contributed by atoms with van der Waals surface area (Å²) in [4.78, 5) is 0. The van der Waals surface area contributed by atoms with E-state index in [-0.39, 0.29) is 11.8 Å². The molecule has 1 unspecified atom stereocenters. The molecular formula is C10H12N2O2. The van der Waals surface area contributed by atoms with Gasteiger partial charge in [-0.2, -0.15) is 5.26 Å². The second-order valence-electron chi connectivity index (χ2n) is 2.78. The van der Waals surface area contributed by atoms with Gasteiger partial charge in [-0.05, 0) is 24.7 Å². The summed E-state index contributed by atoms with van der Waals surface area (Å²) >= 11 is 0. The van der Waals surface area contributed by atoms with E-state index in [1.54, 1.807) is 19.2 Å². The highest BCUT2D eigenvalue weighted by atomic mass is 16.5.